The highest BCUT2D eigenvalue weighted by molar-refractivity contribution is 5.94. The van der Waals surface area contributed by atoms with Gasteiger partial charge in [0.2, 0.25) is 17.7 Å². The van der Waals surface area contributed by atoms with Gasteiger partial charge in [-0.1, -0.05) is 27.7 Å². The zero-order chi connectivity index (χ0) is 22.0. The first-order chi connectivity index (χ1) is 12.9. The van der Waals surface area contributed by atoms with Crippen molar-refractivity contribution in [3.8, 4) is 0 Å². The molecule has 0 heterocycles. The number of nitrogens with two attached hydrogens (primary N) is 1. The van der Waals surface area contributed by atoms with E-state index in [1.54, 1.807) is 0 Å². The maximum Gasteiger partial charge on any atom is 0.326 e. The largest absolute Gasteiger partial charge is 0.480 e. The fourth-order valence-electron chi connectivity index (χ4n) is 2.44. The topological polar surface area (TPSA) is 171 Å². The molecule has 0 saturated carbocycles. The van der Waals surface area contributed by atoms with E-state index in [9.17, 15) is 29.4 Å². The third kappa shape index (κ3) is 9.65. The molecular weight excluding hydrogens is 368 g/mol. The van der Waals surface area contributed by atoms with E-state index >= 15 is 0 Å². The van der Waals surface area contributed by atoms with Crippen molar-refractivity contribution in [3.05, 3.63) is 0 Å². The van der Waals surface area contributed by atoms with Gasteiger partial charge in [0, 0.05) is 0 Å². The summed E-state index contributed by atoms with van der Waals surface area (Å²) in [5.74, 6) is -3.10. The molecule has 0 spiro atoms. The number of hydrogen-bond donors (Lipinski definition) is 6. The van der Waals surface area contributed by atoms with Crippen LogP contribution in [0, 0.1) is 11.8 Å². The molecule has 0 bridgehead atoms. The lowest BCUT2D eigenvalue weighted by Crippen LogP contribution is -2.58. The quantitative estimate of drug-likeness (QED) is 0.242. The summed E-state index contributed by atoms with van der Waals surface area (Å²) < 4.78 is 0. The molecule has 10 nitrogen and oxygen atoms in total. The smallest absolute Gasteiger partial charge is 0.326 e. The Morgan fingerprint density at radius 2 is 1.14 bits per heavy atom. The number of hydrogen-bond acceptors (Lipinski definition) is 6. The van der Waals surface area contributed by atoms with Crippen LogP contribution >= 0.6 is 0 Å². The summed E-state index contributed by atoms with van der Waals surface area (Å²) in [6.45, 7) is 8.11. The number of carbonyl (C=O) groups excluding carboxylic acids is 3. The van der Waals surface area contributed by atoms with Gasteiger partial charge in [0.05, 0.1) is 12.6 Å². The van der Waals surface area contributed by atoms with Gasteiger partial charge < -0.3 is 31.9 Å². The lowest BCUT2D eigenvalue weighted by atomic mass is 10.0. The average Bonchev–Trinajstić information content (AvgIpc) is 2.56. The van der Waals surface area contributed by atoms with Crippen LogP contribution in [0.2, 0.25) is 0 Å². The van der Waals surface area contributed by atoms with E-state index in [1.165, 1.54) is 6.92 Å². The number of nitrogens with one attached hydrogen (secondary N) is 3. The third-order valence-corrected chi connectivity index (χ3v) is 3.89. The Bertz CT molecular complexity index is 550. The Balaban J connectivity index is 5.23. The normalized spacial score (nSPS) is 15.5. The van der Waals surface area contributed by atoms with Gasteiger partial charge >= 0.3 is 5.97 Å². The fourth-order valence-corrected chi connectivity index (χ4v) is 2.44. The number of aliphatic carboxylic acids is 1. The monoisotopic (exact) mass is 402 g/mol. The first kappa shape index (κ1) is 25.8. The first-order valence-corrected chi connectivity index (χ1v) is 9.39. The van der Waals surface area contributed by atoms with Gasteiger partial charge in [-0.25, -0.2) is 4.79 Å². The van der Waals surface area contributed by atoms with E-state index in [1.807, 2.05) is 27.7 Å². The highest BCUT2D eigenvalue weighted by atomic mass is 16.4. The molecule has 0 aliphatic carbocycles. The number of aliphatic hydroxyl groups excluding tert-OH is 1. The second-order valence-corrected chi connectivity index (χ2v) is 7.75. The second-order valence-electron chi connectivity index (χ2n) is 7.75. The molecule has 10 heteroatoms. The SMILES string of the molecule is CC(C)CC(NC(=O)C(CC(C)C)NC(=O)C(CO)NC(=O)C(C)N)C(=O)O. The van der Waals surface area contributed by atoms with Crippen molar-refractivity contribution in [3.63, 3.8) is 0 Å². The van der Waals surface area contributed by atoms with Gasteiger partial charge in [-0.05, 0) is 31.6 Å². The molecule has 28 heavy (non-hydrogen) atoms. The van der Waals surface area contributed by atoms with Crippen molar-refractivity contribution >= 4 is 23.7 Å². The van der Waals surface area contributed by atoms with Crippen molar-refractivity contribution < 1.29 is 29.4 Å². The maximum atomic E-state index is 12.6. The third-order valence-electron chi connectivity index (χ3n) is 3.89. The number of aliphatic hydroxyl groups is 1. The molecule has 0 aromatic heterocycles. The summed E-state index contributed by atoms with van der Waals surface area (Å²) in [6, 6.07) is -4.23. The highest BCUT2D eigenvalue weighted by Gasteiger charge is 2.30. The predicted octanol–water partition coefficient (Wildman–Crippen LogP) is -1.04. The van der Waals surface area contributed by atoms with Crippen LogP contribution in [0.25, 0.3) is 0 Å². The number of amides is 3. The minimum atomic E-state index is -1.27. The van der Waals surface area contributed by atoms with E-state index in [0.29, 0.717) is 0 Å². The molecule has 4 atom stereocenters. The van der Waals surface area contributed by atoms with E-state index < -0.39 is 54.5 Å². The number of rotatable bonds is 12. The van der Waals surface area contributed by atoms with Crippen molar-refractivity contribution in [1.29, 1.82) is 0 Å². The predicted molar refractivity (Wildman–Crippen MR) is 103 cm³/mol. The zero-order valence-electron chi connectivity index (χ0n) is 17.2. The zero-order valence-corrected chi connectivity index (χ0v) is 17.2. The van der Waals surface area contributed by atoms with Crippen LogP contribution in [0.15, 0.2) is 0 Å². The number of carbonyl (C=O) groups is 4. The van der Waals surface area contributed by atoms with Gasteiger partial charge in [0.1, 0.15) is 18.1 Å². The average molecular weight is 402 g/mol. The van der Waals surface area contributed by atoms with E-state index in [-0.39, 0.29) is 24.7 Å². The van der Waals surface area contributed by atoms with Crippen LogP contribution in [0.3, 0.4) is 0 Å². The second kappa shape index (κ2) is 12.3. The summed E-state index contributed by atoms with van der Waals surface area (Å²) in [5, 5.41) is 25.9. The molecule has 0 fully saturated rings. The molecule has 0 rings (SSSR count). The minimum absolute atomic E-state index is 0.0238. The Morgan fingerprint density at radius 3 is 1.54 bits per heavy atom. The van der Waals surface area contributed by atoms with Crippen molar-refractivity contribution in [2.75, 3.05) is 6.61 Å². The molecule has 4 unspecified atom stereocenters. The van der Waals surface area contributed by atoms with Crippen LogP contribution in [0.5, 0.6) is 0 Å². The summed E-state index contributed by atoms with van der Waals surface area (Å²) in [7, 11) is 0. The molecule has 0 saturated heterocycles. The minimum Gasteiger partial charge on any atom is -0.480 e. The Labute approximate surface area is 165 Å². The Hall–Kier alpha value is -2.20. The van der Waals surface area contributed by atoms with Crippen LogP contribution in [-0.2, 0) is 19.2 Å². The molecule has 0 aromatic rings. The van der Waals surface area contributed by atoms with Crippen molar-refractivity contribution in [2.24, 2.45) is 17.6 Å². The van der Waals surface area contributed by atoms with Crippen LogP contribution in [-0.4, -0.2) is 64.7 Å². The molecule has 0 radical (unpaired) electrons. The molecule has 162 valence electrons. The fraction of sp³-hybridized carbons (Fsp3) is 0.778. The van der Waals surface area contributed by atoms with Crippen LogP contribution in [0.4, 0.5) is 0 Å². The summed E-state index contributed by atoms with van der Waals surface area (Å²) in [4.78, 5) is 48.0. The lowest BCUT2D eigenvalue weighted by Gasteiger charge is -2.25. The first-order valence-electron chi connectivity index (χ1n) is 9.39. The summed E-state index contributed by atoms with van der Waals surface area (Å²) in [6.07, 6.45) is 0.498. The molecule has 0 aliphatic rings. The van der Waals surface area contributed by atoms with Gasteiger partial charge in [-0.15, -0.1) is 0 Å². The maximum absolute atomic E-state index is 12.6. The van der Waals surface area contributed by atoms with E-state index in [2.05, 4.69) is 16.0 Å². The van der Waals surface area contributed by atoms with Crippen LogP contribution < -0.4 is 21.7 Å². The highest BCUT2D eigenvalue weighted by Crippen LogP contribution is 2.09. The van der Waals surface area contributed by atoms with E-state index in [4.69, 9.17) is 5.73 Å². The number of carboxylic acids is 1. The Morgan fingerprint density at radius 1 is 0.750 bits per heavy atom. The van der Waals surface area contributed by atoms with Crippen molar-refractivity contribution in [1.82, 2.24) is 16.0 Å². The molecular formula is C18H34N4O6. The van der Waals surface area contributed by atoms with Gasteiger partial charge in [-0.3, -0.25) is 14.4 Å². The summed E-state index contributed by atoms with van der Waals surface area (Å²) >= 11 is 0. The summed E-state index contributed by atoms with van der Waals surface area (Å²) in [5.41, 5.74) is 5.43. The molecule has 0 aliphatic heterocycles. The van der Waals surface area contributed by atoms with Crippen molar-refractivity contribution in [2.45, 2.75) is 71.6 Å². The van der Waals surface area contributed by atoms with Crippen LogP contribution in [0.1, 0.15) is 47.5 Å². The molecule has 0 aromatic carbocycles. The number of carboxylic acid groups (broad SMARTS) is 1. The van der Waals surface area contributed by atoms with Gasteiger partial charge in [-0.2, -0.15) is 0 Å². The van der Waals surface area contributed by atoms with Gasteiger partial charge in [0.25, 0.3) is 0 Å². The molecule has 3 amide bonds. The lowest BCUT2D eigenvalue weighted by molar-refractivity contribution is -0.143. The standard InChI is InChI=1S/C18H34N4O6/c1-9(2)6-12(16(25)21-13(18(27)28)7-10(3)4)20-17(26)14(8-23)22-15(24)11(5)19/h9-14,23H,6-8,19H2,1-5H3,(H,20,26)(H,21,25)(H,22,24)(H,27,28). The van der Waals surface area contributed by atoms with E-state index in [0.717, 1.165) is 0 Å². The molecule has 7 N–H and O–H groups in total. The van der Waals surface area contributed by atoms with Gasteiger partial charge in [0.15, 0.2) is 0 Å². The Kier molecular flexibility index (Phi) is 11.3.